The van der Waals surface area contributed by atoms with Gasteiger partial charge in [-0.2, -0.15) is 0 Å². The summed E-state index contributed by atoms with van der Waals surface area (Å²) in [6.07, 6.45) is 2.83. The summed E-state index contributed by atoms with van der Waals surface area (Å²) in [4.78, 5) is 14.9. The second kappa shape index (κ2) is 5.67. The molecule has 1 heterocycles. The average Bonchev–Trinajstić information content (AvgIpc) is 2.40. The number of carboxylic acid groups (broad SMARTS) is 1. The van der Waals surface area contributed by atoms with E-state index in [2.05, 4.69) is 10.3 Å². The number of pyridine rings is 1. The van der Waals surface area contributed by atoms with E-state index in [9.17, 15) is 9.18 Å². The van der Waals surface area contributed by atoms with E-state index in [0.29, 0.717) is 12.2 Å². The van der Waals surface area contributed by atoms with E-state index in [0.717, 1.165) is 5.56 Å². The van der Waals surface area contributed by atoms with Crippen LogP contribution in [0.25, 0.3) is 0 Å². The van der Waals surface area contributed by atoms with Crippen LogP contribution in [0.2, 0.25) is 5.02 Å². The maximum atomic E-state index is 13.0. The van der Waals surface area contributed by atoms with Gasteiger partial charge >= 0.3 is 5.97 Å². The summed E-state index contributed by atoms with van der Waals surface area (Å²) in [6, 6.07) is 5.73. The third-order valence-electron chi connectivity index (χ3n) is 2.52. The summed E-state index contributed by atoms with van der Waals surface area (Å²) in [6.45, 7) is 0.325. The Morgan fingerprint density at radius 3 is 2.89 bits per heavy atom. The van der Waals surface area contributed by atoms with Crippen molar-refractivity contribution in [2.75, 3.05) is 5.32 Å². The number of anilines is 1. The van der Waals surface area contributed by atoms with Crippen molar-refractivity contribution in [3.63, 3.8) is 0 Å². The number of hydrogen-bond acceptors (Lipinski definition) is 3. The van der Waals surface area contributed by atoms with Crippen molar-refractivity contribution in [1.82, 2.24) is 4.98 Å². The van der Waals surface area contributed by atoms with Crippen molar-refractivity contribution < 1.29 is 14.3 Å². The van der Waals surface area contributed by atoms with Crippen LogP contribution < -0.4 is 5.32 Å². The predicted octanol–water partition coefficient (Wildman–Crippen LogP) is 3.18. The molecule has 4 nitrogen and oxygen atoms in total. The number of aromatic carboxylic acids is 1. The molecule has 98 valence electrons. The summed E-state index contributed by atoms with van der Waals surface area (Å²) in [5.74, 6) is -1.53. The Bertz CT molecular complexity index is 619. The molecule has 1 aromatic carbocycles. The van der Waals surface area contributed by atoms with Gasteiger partial charge < -0.3 is 10.4 Å². The zero-order valence-corrected chi connectivity index (χ0v) is 10.5. The van der Waals surface area contributed by atoms with Gasteiger partial charge in [0.15, 0.2) is 0 Å². The van der Waals surface area contributed by atoms with Crippen molar-refractivity contribution in [3.05, 3.63) is 58.6 Å². The molecule has 1 aromatic heterocycles. The van der Waals surface area contributed by atoms with E-state index >= 15 is 0 Å². The smallest absolute Gasteiger partial charge is 0.337 e. The first-order chi connectivity index (χ1) is 9.08. The van der Waals surface area contributed by atoms with E-state index < -0.39 is 11.8 Å². The highest BCUT2D eigenvalue weighted by Crippen LogP contribution is 2.18. The molecular formula is C13H10ClFN2O2. The Hall–Kier alpha value is -2.14. The molecule has 0 atom stereocenters. The van der Waals surface area contributed by atoms with E-state index in [1.807, 2.05) is 0 Å². The van der Waals surface area contributed by atoms with E-state index in [-0.39, 0.29) is 10.6 Å². The number of nitrogens with one attached hydrogen (secondary N) is 1. The first-order valence-electron chi connectivity index (χ1n) is 5.43. The molecule has 0 bridgehead atoms. The Labute approximate surface area is 113 Å². The lowest BCUT2D eigenvalue weighted by molar-refractivity contribution is 0.0698. The maximum Gasteiger partial charge on any atom is 0.337 e. The number of halogens is 2. The highest BCUT2D eigenvalue weighted by molar-refractivity contribution is 6.30. The van der Waals surface area contributed by atoms with Crippen molar-refractivity contribution in [2.45, 2.75) is 6.54 Å². The van der Waals surface area contributed by atoms with E-state index in [1.54, 1.807) is 6.07 Å². The molecule has 0 radical (unpaired) electrons. The van der Waals surface area contributed by atoms with Gasteiger partial charge in [-0.15, -0.1) is 0 Å². The van der Waals surface area contributed by atoms with Crippen LogP contribution in [0.15, 0.2) is 36.7 Å². The first-order valence-corrected chi connectivity index (χ1v) is 5.81. The second-order valence-electron chi connectivity index (χ2n) is 3.83. The Morgan fingerprint density at radius 2 is 2.21 bits per heavy atom. The SMILES string of the molecule is O=C(O)c1ccncc1NCc1ccc(F)c(Cl)c1. The summed E-state index contributed by atoms with van der Waals surface area (Å²) in [5.41, 5.74) is 1.27. The number of rotatable bonds is 4. The molecule has 2 rings (SSSR count). The van der Waals surface area contributed by atoms with Crippen LogP contribution in [0.1, 0.15) is 15.9 Å². The van der Waals surface area contributed by atoms with Gasteiger partial charge in [0.05, 0.1) is 22.5 Å². The van der Waals surface area contributed by atoms with Crippen LogP contribution in [-0.2, 0) is 6.54 Å². The molecule has 0 amide bonds. The predicted molar refractivity (Wildman–Crippen MR) is 69.9 cm³/mol. The minimum Gasteiger partial charge on any atom is -0.478 e. The first kappa shape index (κ1) is 13.3. The quantitative estimate of drug-likeness (QED) is 0.903. The largest absolute Gasteiger partial charge is 0.478 e. The highest BCUT2D eigenvalue weighted by Gasteiger charge is 2.09. The molecule has 2 N–H and O–H groups in total. The third kappa shape index (κ3) is 3.20. The summed E-state index contributed by atoms with van der Waals surface area (Å²) in [5, 5.41) is 12.0. The number of nitrogens with zero attached hydrogens (tertiary/aromatic N) is 1. The molecule has 0 saturated heterocycles. The van der Waals surface area contributed by atoms with Gasteiger partial charge in [0.2, 0.25) is 0 Å². The average molecular weight is 281 g/mol. The molecule has 6 heteroatoms. The zero-order chi connectivity index (χ0) is 13.8. The minimum atomic E-state index is -1.04. The standard InChI is InChI=1S/C13H10ClFN2O2/c14-10-5-8(1-2-11(10)15)6-17-12-7-16-4-3-9(12)13(18)19/h1-5,7,17H,6H2,(H,18,19). The molecule has 19 heavy (non-hydrogen) atoms. The van der Waals surface area contributed by atoms with Crippen LogP contribution in [0.4, 0.5) is 10.1 Å². The lowest BCUT2D eigenvalue weighted by Crippen LogP contribution is -2.06. The van der Waals surface area contributed by atoms with Gasteiger partial charge in [-0.3, -0.25) is 4.98 Å². The second-order valence-corrected chi connectivity index (χ2v) is 4.24. The highest BCUT2D eigenvalue weighted by atomic mass is 35.5. The van der Waals surface area contributed by atoms with Gasteiger partial charge in [-0.05, 0) is 23.8 Å². The molecule has 0 aliphatic carbocycles. The summed E-state index contributed by atoms with van der Waals surface area (Å²) < 4.78 is 13.0. The lowest BCUT2D eigenvalue weighted by Gasteiger charge is -2.09. The van der Waals surface area contributed by atoms with Crippen molar-refractivity contribution in [1.29, 1.82) is 0 Å². The van der Waals surface area contributed by atoms with Gasteiger partial charge in [0, 0.05) is 12.7 Å². The van der Waals surface area contributed by atoms with Crippen LogP contribution in [0.5, 0.6) is 0 Å². The fourth-order valence-corrected chi connectivity index (χ4v) is 1.77. The number of carbonyl (C=O) groups is 1. The normalized spacial score (nSPS) is 10.2. The molecule has 0 saturated carbocycles. The lowest BCUT2D eigenvalue weighted by atomic mass is 10.2. The van der Waals surface area contributed by atoms with Gasteiger partial charge in [0.25, 0.3) is 0 Å². The van der Waals surface area contributed by atoms with Gasteiger partial charge in [0.1, 0.15) is 5.82 Å². The molecule has 0 aliphatic rings. The third-order valence-corrected chi connectivity index (χ3v) is 2.81. The Morgan fingerprint density at radius 1 is 1.42 bits per heavy atom. The van der Waals surface area contributed by atoms with Gasteiger partial charge in [-0.25, -0.2) is 9.18 Å². The van der Waals surface area contributed by atoms with Crippen LogP contribution in [0, 0.1) is 5.82 Å². The fraction of sp³-hybridized carbons (Fsp3) is 0.0769. The van der Waals surface area contributed by atoms with Gasteiger partial charge in [-0.1, -0.05) is 17.7 Å². The summed E-state index contributed by atoms with van der Waals surface area (Å²) >= 11 is 5.67. The number of benzene rings is 1. The van der Waals surface area contributed by atoms with E-state index in [1.165, 1.54) is 30.6 Å². The molecular weight excluding hydrogens is 271 g/mol. The molecule has 0 fully saturated rings. The fourth-order valence-electron chi connectivity index (χ4n) is 1.57. The zero-order valence-electron chi connectivity index (χ0n) is 9.73. The van der Waals surface area contributed by atoms with Crippen LogP contribution in [-0.4, -0.2) is 16.1 Å². The number of carboxylic acids is 1. The summed E-state index contributed by atoms with van der Waals surface area (Å²) in [7, 11) is 0. The maximum absolute atomic E-state index is 13.0. The molecule has 0 aliphatic heterocycles. The van der Waals surface area contributed by atoms with Crippen LogP contribution in [0.3, 0.4) is 0 Å². The van der Waals surface area contributed by atoms with Crippen molar-refractivity contribution in [3.8, 4) is 0 Å². The number of aromatic nitrogens is 1. The minimum absolute atomic E-state index is 0.0314. The monoisotopic (exact) mass is 280 g/mol. The van der Waals surface area contributed by atoms with Crippen molar-refractivity contribution >= 4 is 23.3 Å². The molecule has 2 aromatic rings. The Balaban J connectivity index is 2.14. The van der Waals surface area contributed by atoms with Crippen LogP contribution >= 0.6 is 11.6 Å². The topological polar surface area (TPSA) is 62.2 Å². The molecule has 0 spiro atoms. The Kier molecular flexibility index (Phi) is 3.97. The number of hydrogen-bond donors (Lipinski definition) is 2. The van der Waals surface area contributed by atoms with E-state index in [4.69, 9.17) is 16.7 Å². The van der Waals surface area contributed by atoms with Crippen molar-refractivity contribution in [2.24, 2.45) is 0 Å². The molecule has 0 unspecified atom stereocenters.